The molecule has 2 heterocycles. The topological polar surface area (TPSA) is 109 Å². The predicted octanol–water partition coefficient (Wildman–Crippen LogP) is 1.53. The molecule has 1 fully saturated rings. The molecule has 0 saturated carbocycles. The second-order valence-electron chi connectivity index (χ2n) is 7.46. The molecule has 0 spiro atoms. The van der Waals surface area contributed by atoms with Crippen molar-refractivity contribution in [3.8, 4) is 0 Å². The number of nitrogens with two attached hydrogens (primary N) is 1. The number of fused-ring (bicyclic) bond motifs is 1. The number of ether oxygens (including phenoxy) is 2. The van der Waals surface area contributed by atoms with Crippen molar-refractivity contribution < 1.29 is 19.1 Å². The normalized spacial score (nSPS) is 24.7. The molecule has 2 aliphatic heterocycles. The van der Waals surface area contributed by atoms with Gasteiger partial charge in [0, 0.05) is 19.1 Å². The molecule has 3 atom stereocenters. The smallest absolute Gasteiger partial charge is 0.414 e. The first-order valence-electron chi connectivity index (χ1n) is 9.53. The Labute approximate surface area is 165 Å². The number of nitrogens with zero attached hydrogens (tertiary/aromatic N) is 2. The van der Waals surface area contributed by atoms with Crippen LogP contribution in [0.5, 0.6) is 0 Å². The highest BCUT2D eigenvalue weighted by Crippen LogP contribution is 2.38. The summed E-state index contributed by atoms with van der Waals surface area (Å²) < 4.78 is 10.4. The lowest BCUT2D eigenvalue weighted by Gasteiger charge is -2.40. The van der Waals surface area contributed by atoms with Crippen LogP contribution in [0.4, 0.5) is 21.0 Å². The number of benzene rings is 1. The van der Waals surface area contributed by atoms with Gasteiger partial charge >= 0.3 is 12.2 Å². The second kappa shape index (κ2) is 8.34. The molecule has 2 unspecified atom stereocenters. The Morgan fingerprint density at radius 1 is 1.18 bits per heavy atom. The molecular formula is C19H29N5O4. The summed E-state index contributed by atoms with van der Waals surface area (Å²) in [7, 11) is 1.35. The van der Waals surface area contributed by atoms with Crippen molar-refractivity contribution in [2.45, 2.75) is 45.1 Å². The van der Waals surface area contributed by atoms with Crippen molar-refractivity contribution in [3.63, 3.8) is 0 Å². The molecule has 28 heavy (non-hydrogen) atoms. The Kier molecular flexibility index (Phi) is 6.07. The number of carbonyl (C=O) groups excluding carboxylic acids is 2. The quantitative estimate of drug-likeness (QED) is 0.701. The first kappa shape index (κ1) is 20.4. The third kappa shape index (κ3) is 4.06. The van der Waals surface area contributed by atoms with Crippen molar-refractivity contribution in [1.82, 2.24) is 10.6 Å². The van der Waals surface area contributed by atoms with Crippen molar-refractivity contribution in [2.24, 2.45) is 5.73 Å². The number of hydrogen-bond acceptors (Lipinski definition) is 7. The number of piperazine rings is 1. The van der Waals surface area contributed by atoms with Gasteiger partial charge in [-0.05, 0) is 38.5 Å². The number of nitrogens with one attached hydrogen (secondary N) is 2. The molecule has 0 aromatic heterocycles. The van der Waals surface area contributed by atoms with Crippen LogP contribution in [0, 0.1) is 0 Å². The molecule has 0 radical (unpaired) electrons. The van der Waals surface area contributed by atoms with Crippen LogP contribution in [0.25, 0.3) is 0 Å². The van der Waals surface area contributed by atoms with Crippen molar-refractivity contribution in [3.05, 3.63) is 23.8 Å². The van der Waals surface area contributed by atoms with Gasteiger partial charge in [-0.15, -0.1) is 0 Å². The molecule has 2 aliphatic rings. The minimum absolute atomic E-state index is 0.0546. The standard InChI is InChI=1S/C19H29N5O4/c1-11(2)28-18(25)23-10-12(3)24(19(26)27-4)15-6-5-13(7-16(15)23)14-8-22-17(20)9-21-14/h5-7,11-12,14,17,21-22H,8-10,20H2,1-4H3/t12-,14?,17?/m0/s1. The van der Waals surface area contributed by atoms with E-state index >= 15 is 0 Å². The lowest BCUT2D eigenvalue weighted by molar-refractivity contribution is 0.121. The number of amides is 2. The van der Waals surface area contributed by atoms with E-state index < -0.39 is 12.2 Å². The minimum atomic E-state index is -0.457. The van der Waals surface area contributed by atoms with Gasteiger partial charge in [0.2, 0.25) is 0 Å². The van der Waals surface area contributed by atoms with Crippen molar-refractivity contribution in [2.75, 3.05) is 36.5 Å². The molecular weight excluding hydrogens is 362 g/mol. The summed E-state index contributed by atoms with van der Waals surface area (Å²) in [6.07, 6.45) is -1.20. The maximum absolute atomic E-state index is 12.7. The van der Waals surface area contributed by atoms with Crippen LogP contribution in [0.2, 0.25) is 0 Å². The fourth-order valence-corrected chi connectivity index (χ4v) is 3.59. The zero-order valence-corrected chi connectivity index (χ0v) is 16.8. The molecule has 2 amide bonds. The van der Waals surface area contributed by atoms with Crippen LogP contribution >= 0.6 is 0 Å². The summed E-state index contributed by atoms with van der Waals surface area (Å²) in [4.78, 5) is 28.2. The Morgan fingerprint density at radius 2 is 1.93 bits per heavy atom. The lowest BCUT2D eigenvalue weighted by atomic mass is 10.0. The summed E-state index contributed by atoms with van der Waals surface area (Å²) in [5.74, 6) is 0. The Balaban J connectivity index is 1.99. The van der Waals surface area contributed by atoms with Gasteiger partial charge in [-0.2, -0.15) is 0 Å². The van der Waals surface area contributed by atoms with Crippen LogP contribution < -0.4 is 26.2 Å². The van der Waals surface area contributed by atoms with Gasteiger partial charge in [0.15, 0.2) is 0 Å². The zero-order chi connectivity index (χ0) is 20.4. The maximum Gasteiger partial charge on any atom is 0.414 e. The van der Waals surface area contributed by atoms with Gasteiger partial charge < -0.3 is 20.5 Å². The van der Waals surface area contributed by atoms with E-state index in [4.69, 9.17) is 15.2 Å². The zero-order valence-electron chi connectivity index (χ0n) is 16.8. The van der Waals surface area contributed by atoms with Gasteiger partial charge in [0.25, 0.3) is 0 Å². The van der Waals surface area contributed by atoms with E-state index in [0.29, 0.717) is 31.0 Å². The highest BCUT2D eigenvalue weighted by Gasteiger charge is 2.37. The Hall–Kier alpha value is -2.36. The molecule has 1 aromatic rings. The molecule has 154 valence electrons. The number of rotatable bonds is 2. The predicted molar refractivity (Wildman–Crippen MR) is 106 cm³/mol. The van der Waals surface area contributed by atoms with Crippen LogP contribution in [0.15, 0.2) is 18.2 Å². The van der Waals surface area contributed by atoms with Gasteiger partial charge in [-0.25, -0.2) is 9.59 Å². The summed E-state index contributed by atoms with van der Waals surface area (Å²) in [6.45, 7) is 7.13. The van der Waals surface area contributed by atoms with Gasteiger partial charge in [0.05, 0.1) is 43.3 Å². The van der Waals surface area contributed by atoms with Crippen LogP contribution in [-0.4, -0.2) is 57.2 Å². The number of anilines is 2. The first-order valence-corrected chi connectivity index (χ1v) is 9.53. The van der Waals surface area contributed by atoms with E-state index in [9.17, 15) is 9.59 Å². The van der Waals surface area contributed by atoms with Crippen LogP contribution in [0.1, 0.15) is 32.4 Å². The largest absolute Gasteiger partial charge is 0.452 e. The second-order valence-corrected chi connectivity index (χ2v) is 7.46. The van der Waals surface area contributed by atoms with Crippen molar-refractivity contribution in [1.29, 1.82) is 0 Å². The number of carbonyl (C=O) groups is 2. The third-order valence-corrected chi connectivity index (χ3v) is 4.94. The summed E-state index contributed by atoms with van der Waals surface area (Å²) in [5, 5.41) is 6.63. The average molecular weight is 391 g/mol. The molecule has 0 bridgehead atoms. The highest BCUT2D eigenvalue weighted by molar-refractivity contribution is 6.00. The van der Waals surface area contributed by atoms with E-state index in [1.54, 1.807) is 9.80 Å². The van der Waals surface area contributed by atoms with Crippen molar-refractivity contribution >= 4 is 23.6 Å². The van der Waals surface area contributed by atoms with E-state index in [1.807, 2.05) is 39.0 Å². The average Bonchev–Trinajstić information content (AvgIpc) is 2.66. The highest BCUT2D eigenvalue weighted by atomic mass is 16.6. The molecule has 0 aliphatic carbocycles. The first-order chi connectivity index (χ1) is 13.3. The summed E-state index contributed by atoms with van der Waals surface area (Å²) in [6, 6.07) is 5.53. The SMILES string of the molecule is COC(=O)N1c2ccc(C3CNC(N)CN3)cc2N(C(=O)OC(C)C)C[C@@H]1C. The fraction of sp³-hybridized carbons (Fsp3) is 0.579. The fourth-order valence-electron chi connectivity index (χ4n) is 3.59. The molecule has 1 saturated heterocycles. The monoisotopic (exact) mass is 391 g/mol. The van der Waals surface area contributed by atoms with Gasteiger partial charge in [-0.1, -0.05) is 6.07 Å². The molecule has 4 N–H and O–H groups in total. The molecule has 3 rings (SSSR count). The van der Waals surface area contributed by atoms with E-state index in [0.717, 1.165) is 5.56 Å². The van der Waals surface area contributed by atoms with E-state index in [2.05, 4.69) is 10.6 Å². The van der Waals surface area contributed by atoms with Crippen LogP contribution in [0.3, 0.4) is 0 Å². The maximum atomic E-state index is 12.7. The van der Waals surface area contributed by atoms with Gasteiger partial charge in [-0.3, -0.25) is 15.1 Å². The third-order valence-electron chi connectivity index (χ3n) is 4.94. The van der Waals surface area contributed by atoms with Crippen LogP contribution in [-0.2, 0) is 9.47 Å². The molecule has 1 aromatic carbocycles. The molecule has 9 nitrogen and oxygen atoms in total. The Bertz CT molecular complexity index is 733. The molecule has 9 heteroatoms. The lowest BCUT2D eigenvalue weighted by Crippen LogP contribution is -2.54. The van der Waals surface area contributed by atoms with Gasteiger partial charge in [0.1, 0.15) is 0 Å². The number of hydrogen-bond donors (Lipinski definition) is 3. The number of methoxy groups -OCH3 is 1. The van der Waals surface area contributed by atoms with E-state index in [1.165, 1.54) is 7.11 Å². The summed E-state index contributed by atoms with van der Waals surface area (Å²) >= 11 is 0. The summed E-state index contributed by atoms with van der Waals surface area (Å²) in [5.41, 5.74) is 8.12. The Morgan fingerprint density at radius 3 is 2.54 bits per heavy atom. The minimum Gasteiger partial charge on any atom is -0.452 e. The van der Waals surface area contributed by atoms with E-state index in [-0.39, 0.29) is 24.4 Å².